The van der Waals surface area contributed by atoms with Gasteiger partial charge in [0.1, 0.15) is 5.75 Å². The molecule has 1 saturated heterocycles. The van der Waals surface area contributed by atoms with Crippen molar-refractivity contribution in [2.45, 2.75) is 32.0 Å². The number of carbonyl (C=O) groups is 4. The number of methoxy groups -OCH3 is 2. The fraction of sp³-hybridized carbons (Fsp3) is 0.407. The first-order chi connectivity index (χ1) is 17.4. The van der Waals surface area contributed by atoms with Gasteiger partial charge in [0.15, 0.2) is 5.78 Å². The summed E-state index contributed by atoms with van der Waals surface area (Å²) in [5.74, 6) is -0.429. The Hall–Kier alpha value is -3.72. The third-order valence-electron chi connectivity index (χ3n) is 5.97. The van der Waals surface area contributed by atoms with Crippen molar-refractivity contribution in [1.29, 1.82) is 0 Å². The smallest absolute Gasteiger partial charge is 0.307 e. The molecule has 0 N–H and O–H groups in total. The molecule has 0 aromatic heterocycles. The van der Waals surface area contributed by atoms with Crippen LogP contribution >= 0.6 is 0 Å². The maximum Gasteiger partial charge on any atom is 0.307 e. The molecule has 36 heavy (non-hydrogen) atoms. The van der Waals surface area contributed by atoms with E-state index in [2.05, 4.69) is 0 Å². The van der Waals surface area contributed by atoms with Crippen LogP contribution in [0.25, 0.3) is 0 Å². The molecule has 1 aliphatic rings. The molecule has 2 amide bonds. The summed E-state index contributed by atoms with van der Waals surface area (Å²) >= 11 is 0. The lowest BCUT2D eigenvalue weighted by Gasteiger charge is -2.25. The van der Waals surface area contributed by atoms with Crippen molar-refractivity contribution in [2.75, 3.05) is 40.4 Å². The Morgan fingerprint density at radius 1 is 0.944 bits per heavy atom. The molecule has 0 radical (unpaired) electrons. The van der Waals surface area contributed by atoms with Gasteiger partial charge in [0, 0.05) is 38.0 Å². The third kappa shape index (κ3) is 7.91. The molecule has 2 aromatic rings. The zero-order valence-corrected chi connectivity index (χ0v) is 20.7. The second kappa shape index (κ2) is 13.4. The van der Waals surface area contributed by atoms with E-state index in [1.807, 2.05) is 30.3 Å². The Bertz CT molecular complexity index is 1060. The highest BCUT2D eigenvalue weighted by Crippen LogP contribution is 2.17. The quantitative estimate of drug-likeness (QED) is 0.348. The van der Waals surface area contributed by atoms with Crippen LogP contribution in [0.4, 0.5) is 0 Å². The molecule has 0 saturated carbocycles. The number of hydrogen-bond donors (Lipinski definition) is 0. The van der Waals surface area contributed by atoms with Crippen molar-refractivity contribution in [3.8, 4) is 5.75 Å². The number of Topliss-reactive ketones (excluding diaryl/α,β-unsaturated/α-hetero) is 1. The molecule has 1 fully saturated rings. The molecule has 0 aliphatic carbocycles. The molecule has 0 spiro atoms. The van der Waals surface area contributed by atoms with E-state index in [4.69, 9.17) is 14.2 Å². The molecule has 1 atom stereocenters. The number of hydrogen-bond acceptors (Lipinski definition) is 7. The van der Waals surface area contributed by atoms with Crippen molar-refractivity contribution >= 4 is 23.6 Å². The van der Waals surface area contributed by atoms with Crippen LogP contribution in [0, 0.1) is 0 Å². The van der Waals surface area contributed by atoms with Crippen molar-refractivity contribution in [3.63, 3.8) is 0 Å². The minimum Gasteiger partial charge on any atom is -0.497 e. The highest BCUT2D eigenvalue weighted by molar-refractivity contribution is 5.98. The van der Waals surface area contributed by atoms with Gasteiger partial charge in [0.25, 0.3) is 0 Å². The van der Waals surface area contributed by atoms with E-state index in [0.29, 0.717) is 11.3 Å². The van der Waals surface area contributed by atoms with Gasteiger partial charge in [0.05, 0.1) is 39.9 Å². The fourth-order valence-corrected chi connectivity index (χ4v) is 3.94. The van der Waals surface area contributed by atoms with Crippen LogP contribution in [0.1, 0.15) is 35.2 Å². The summed E-state index contributed by atoms with van der Waals surface area (Å²) in [5, 5.41) is 0. The van der Waals surface area contributed by atoms with Crippen molar-refractivity contribution in [2.24, 2.45) is 0 Å². The standard InChI is InChI=1S/C27H32N2O7/c1-34-22-10-6-7-20(15-22)19-36-23-16-28(14-13-27(33)35-2)26(32)18-29(17-23)25(31)12-11-24(30)21-8-4-3-5-9-21/h3-10,15,23H,11-14,16-19H2,1-2H3. The lowest BCUT2D eigenvalue weighted by atomic mass is 10.1. The third-order valence-corrected chi connectivity index (χ3v) is 5.97. The second-order valence-corrected chi connectivity index (χ2v) is 8.51. The molecular formula is C27H32N2O7. The van der Waals surface area contributed by atoms with Gasteiger partial charge in [-0.15, -0.1) is 0 Å². The molecule has 192 valence electrons. The van der Waals surface area contributed by atoms with E-state index in [-0.39, 0.29) is 69.6 Å². The molecule has 1 unspecified atom stereocenters. The molecule has 0 bridgehead atoms. The monoisotopic (exact) mass is 496 g/mol. The van der Waals surface area contributed by atoms with Crippen molar-refractivity contribution in [3.05, 3.63) is 65.7 Å². The largest absolute Gasteiger partial charge is 0.497 e. The van der Waals surface area contributed by atoms with Gasteiger partial charge < -0.3 is 24.0 Å². The van der Waals surface area contributed by atoms with Crippen LogP contribution in [0.5, 0.6) is 5.75 Å². The minimum absolute atomic E-state index is 0.00816. The maximum atomic E-state index is 13.0. The lowest BCUT2D eigenvalue weighted by Crippen LogP contribution is -2.40. The van der Waals surface area contributed by atoms with E-state index in [1.165, 1.54) is 16.9 Å². The Morgan fingerprint density at radius 3 is 2.44 bits per heavy atom. The van der Waals surface area contributed by atoms with Crippen LogP contribution in [-0.4, -0.2) is 79.9 Å². The van der Waals surface area contributed by atoms with Gasteiger partial charge in [-0.05, 0) is 17.7 Å². The minimum atomic E-state index is -0.478. The van der Waals surface area contributed by atoms with Gasteiger partial charge in [0.2, 0.25) is 11.8 Å². The number of nitrogens with zero attached hydrogens (tertiary/aromatic N) is 2. The van der Waals surface area contributed by atoms with Gasteiger partial charge in [-0.25, -0.2) is 0 Å². The summed E-state index contributed by atoms with van der Waals surface area (Å²) in [6.45, 7) is 0.711. The van der Waals surface area contributed by atoms with Gasteiger partial charge in [-0.3, -0.25) is 19.2 Å². The predicted molar refractivity (Wildman–Crippen MR) is 131 cm³/mol. The Labute approximate surface area is 210 Å². The first-order valence-electron chi connectivity index (χ1n) is 11.8. The Morgan fingerprint density at radius 2 is 1.72 bits per heavy atom. The van der Waals surface area contributed by atoms with E-state index in [0.717, 1.165) is 5.56 Å². The molecule has 2 aromatic carbocycles. The summed E-state index contributed by atoms with van der Waals surface area (Å²) in [7, 11) is 2.88. The normalized spacial score (nSPS) is 15.8. The number of amides is 2. The van der Waals surface area contributed by atoms with Crippen LogP contribution in [0.15, 0.2) is 54.6 Å². The van der Waals surface area contributed by atoms with Gasteiger partial charge in [-0.1, -0.05) is 42.5 Å². The average molecular weight is 497 g/mol. The first kappa shape index (κ1) is 26.9. The zero-order valence-electron chi connectivity index (χ0n) is 20.7. The van der Waals surface area contributed by atoms with Crippen molar-refractivity contribution in [1.82, 2.24) is 9.80 Å². The average Bonchev–Trinajstić information content (AvgIpc) is 3.07. The van der Waals surface area contributed by atoms with Gasteiger partial charge >= 0.3 is 5.97 Å². The summed E-state index contributed by atoms with van der Waals surface area (Å²) in [6, 6.07) is 16.2. The van der Waals surface area contributed by atoms with Crippen LogP contribution in [0.2, 0.25) is 0 Å². The summed E-state index contributed by atoms with van der Waals surface area (Å²) in [4.78, 5) is 53.0. The molecule has 3 rings (SSSR count). The van der Waals surface area contributed by atoms with Crippen LogP contribution in [0.3, 0.4) is 0 Å². The highest BCUT2D eigenvalue weighted by atomic mass is 16.5. The molecular weight excluding hydrogens is 464 g/mol. The second-order valence-electron chi connectivity index (χ2n) is 8.51. The summed E-state index contributed by atoms with van der Waals surface area (Å²) < 4.78 is 16.1. The highest BCUT2D eigenvalue weighted by Gasteiger charge is 2.31. The van der Waals surface area contributed by atoms with Crippen LogP contribution < -0.4 is 4.74 Å². The molecule has 1 heterocycles. The topological polar surface area (TPSA) is 102 Å². The number of benzene rings is 2. The SMILES string of the molecule is COC(=O)CCN1CC(OCc2cccc(OC)c2)CN(C(=O)CCC(=O)c2ccccc2)CC1=O. The number of ether oxygens (including phenoxy) is 3. The number of ketones is 1. The first-order valence-corrected chi connectivity index (χ1v) is 11.8. The molecule has 1 aliphatic heterocycles. The predicted octanol–water partition coefficient (Wildman–Crippen LogP) is 2.48. The molecule has 9 heteroatoms. The summed E-state index contributed by atoms with van der Waals surface area (Å²) in [5.41, 5.74) is 1.43. The van der Waals surface area contributed by atoms with E-state index in [9.17, 15) is 19.2 Å². The van der Waals surface area contributed by atoms with Gasteiger partial charge in [-0.2, -0.15) is 0 Å². The molecule has 9 nitrogen and oxygen atoms in total. The van der Waals surface area contributed by atoms with Crippen molar-refractivity contribution < 1.29 is 33.4 Å². The summed E-state index contributed by atoms with van der Waals surface area (Å²) in [6.07, 6.45) is -0.389. The van der Waals surface area contributed by atoms with E-state index < -0.39 is 12.1 Å². The number of rotatable bonds is 11. The number of carbonyl (C=O) groups excluding carboxylic acids is 4. The number of esters is 1. The van der Waals surface area contributed by atoms with E-state index >= 15 is 0 Å². The fourth-order valence-electron chi connectivity index (χ4n) is 3.94. The van der Waals surface area contributed by atoms with Crippen LogP contribution in [-0.2, 0) is 30.5 Å². The Balaban J connectivity index is 1.67. The zero-order chi connectivity index (χ0) is 25.9. The Kier molecular flexibility index (Phi) is 10.00. The lowest BCUT2D eigenvalue weighted by molar-refractivity contribution is -0.142. The van der Waals surface area contributed by atoms with E-state index in [1.54, 1.807) is 31.4 Å². The maximum absolute atomic E-state index is 13.0.